The van der Waals surface area contributed by atoms with E-state index >= 15 is 0 Å². The second-order valence-corrected chi connectivity index (χ2v) is 14.1. The van der Waals surface area contributed by atoms with Gasteiger partial charge in [0.2, 0.25) is 0 Å². The number of para-hydroxylation sites is 1. The predicted molar refractivity (Wildman–Crippen MR) is 186 cm³/mol. The third-order valence-corrected chi connectivity index (χ3v) is 11.6. The maximum Gasteiger partial charge on any atom is 0.164 e. The van der Waals surface area contributed by atoms with Gasteiger partial charge in [-0.1, -0.05) is 103 Å². The molecule has 1 aromatic heterocycles. The van der Waals surface area contributed by atoms with Crippen LogP contribution in [0, 0.1) is 23.7 Å². The van der Waals surface area contributed by atoms with Crippen molar-refractivity contribution in [2.75, 3.05) is 0 Å². The number of nitrogens with zero attached hydrogens (tertiary/aromatic N) is 3. The first-order chi connectivity index (χ1) is 23.2. The summed E-state index contributed by atoms with van der Waals surface area (Å²) in [4.78, 5) is 15.3. The third kappa shape index (κ3) is 4.24. The standard InChI is InChI=1S/C43H35N3O/c1-3-9-29(10-4-1)30-15-17-32(18-16-30)41-44-40(31-11-5-2-6-12-31)45-42(46-41)33-19-20-39-37(26-33)43(36-13-7-8-14-38(36)47-39)34-22-27-21-28(24-34)25-35(43)23-27/h1-20,26-28,34-35H,21-25H2. The van der Waals surface area contributed by atoms with Gasteiger partial charge in [-0.2, -0.15) is 0 Å². The van der Waals surface area contributed by atoms with E-state index in [1.165, 1.54) is 54.4 Å². The van der Waals surface area contributed by atoms with Crippen LogP contribution in [0.15, 0.2) is 127 Å². The summed E-state index contributed by atoms with van der Waals surface area (Å²) in [6, 6.07) is 44.8. The van der Waals surface area contributed by atoms with Crippen LogP contribution < -0.4 is 4.74 Å². The van der Waals surface area contributed by atoms with E-state index in [1.54, 1.807) is 0 Å². The average molecular weight is 610 g/mol. The topological polar surface area (TPSA) is 47.9 Å². The molecule has 0 saturated heterocycles. The van der Waals surface area contributed by atoms with E-state index in [0.717, 1.165) is 40.0 Å². The van der Waals surface area contributed by atoms with Crippen LogP contribution in [-0.2, 0) is 5.41 Å². The van der Waals surface area contributed by atoms with E-state index in [4.69, 9.17) is 19.7 Å². The van der Waals surface area contributed by atoms with Crippen molar-refractivity contribution >= 4 is 0 Å². The van der Waals surface area contributed by atoms with E-state index in [0.29, 0.717) is 29.3 Å². The van der Waals surface area contributed by atoms with Crippen molar-refractivity contribution in [3.63, 3.8) is 0 Å². The van der Waals surface area contributed by atoms with Crippen molar-refractivity contribution in [2.45, 2.75) is 37.5 Å². The third-order valence-electron chi connectivity index (χ3n) is 11.6. The molecule has 6 aromatic rings. The molecule has 4 bridgehead atoms. The van der Waals surface area contributed by atoms with Crippen LogP contribution >= 0.6 is 0 Å². The first kappa shape index (κ1) is 27.1. The Labute approximate surface area is 275 Å². The fourth-order valence-electron chi connectivity index (χ4n) is 9.84. The lowest BCUT2D eigenvalue weighted by Gasteiger charge is -2.63. The van der Waals surface area contributed by atoms with Gasteiger partial charge in [0, 0.05) is 33.2 Å². The smallest absolute Gasteiger partial charge is 0.164 e. The van der Waals surface area contributed by atoms with E-state index in [-0.39, 0.29) is 5.41 Å². The number of hydrogen-bond acceptors (Lipinski definition) is 4. The predicted octanol–water partition coefficient (Wildman–Crippen LogP) is 10.4. The minimum Gasteiger partial charge on any atom is -0.457 e. The van der Waals surface area contributed by atoms with Gasteiger partial charge in [-0.3, -0.25) is 0 Å². The molecule has 1 spiro atoms. The molecule has 47 heavy (non-hydrogen) atoms. The second-order valence-electron chi connectivity index (χ2n) is 14.1. The zero-order valence-electron chi connectivity index (χ0n) is 26.2. The van der Waals surface area contributed by atoms with Crippen LogP contribution in [0.1, 0.15) is 43.2 Å². The van der Waals surface area contributed by atoms with Gasteiger partial charge < -0.3 is 4.74 Å². The number of ether oxygens (including phenoxy) is 1. The molecule has 5 aromatic carbocycles. The largest absolute Gasteiger partial charge is 0.457 e. The Morgan fingerprint density at radius 1 is 0.426 bits per heavy atom. The van der Waals surface area contributed by atoms with Gasteiger partial charge in [0.05, 0.1) is 0 Å². The maximum atomic E-state index is 6.68. The Kier molecular flexibility index (Phi) is 6.03. The highest BCUT2D eigenvalue weighted by molar-refractivity contribution is 5.72. The molecular formula is C43H35N3O. The Bertz CT molecular complexity index is 2100. The Hall–Kier alpha value is -5.09. The highest BCUT2D eigenvalue weighted by atomic mass is 16.5. The minimum absolute atomic E-state index is 0.0288. The number of hydrogen-bond donors (Lipinski definition) is 0. The molecule has 0 unspecified atom stereocenters. The first-order valence-corrected chi connectivity index (χ1v) is 17.1. The molecule has 0 radical (unpaired) electrons. The van der Waals surface area contributed by atoms with Gasteiger partial charge in [0.1, 0.15) is 11.5 Å². The zero-order chi connectivity index (χ0) is 31.0. The summed E-state index contributed by atoms with van der Waals surface area (Å²) in [5.74, 6) is 7.10. The summed E-state index contributed by atoms with van der Waals surface area (Å²) in [5, 5.41) is 0. The molecule has 4 fully saturated rings. The summed E-state index contributed by atoms with van der Waals surface area (Å²) < 4.78 is 6.68. The van der Waals surface area contributed by atoms with Crippen molar-refractivity contribution in [2.24, 2.45) is 23.7 Å². The van der Waals surface area contributed by atoms with Crippen LogP contribution in [0.4, 0.5) is 0 Å². The molecule has 4 heteroatoms. The van der Waals surface area contributed by atoms with Gasteiger partial charge in [0.25, 0.3) is 0 Å². The molecule has 5 aliphatic rings. The SMILES string of the molecule is c1ccc(-c2ccc(-c3nc(-c4ccccc4)nc(-c4ccc5c(c4)C4(c6ccccc6O5)C5CC6CC(C5)CC4C6)n3)cc2)cc1. The molecule has 4 nitrogen and oxygen atoms in total. The second kappa shape index (κ2) is 10.5. The molecule has 0 N–H and O–H groups in total. The minimum atomic E-state index is -0.0288. The monoisotopic (exact) mass is 609 g/mol. The van der Waals surface area contributed by atoms with Crippen molar-refractivity contribution in [3.8, 4) is 56.8 Å². The zero-order valence-corrected chi connectivity index (χ0v) is 26.2. The summed E-state index contributed by atoms with van der Waals surface area (Å²) in [6.07, 6.45) is 6.70. The molecule has 0 amide bonds. The van der Waals surface area contributed by atoms with E-state index in [1.807, 2.05) is 24.3 Å². The van der Waals surface area contributed by atoms with E-state index < -0.39 is 0 Å². The van der Waals surface area contributed by atoms with Gasteiger partial charge >= 0.3 is 0 Å². The molecule has 0 atom stereocenters. The van der Waals surface area contributed by atoms with E-state index in [9.17, 15) is 0 Å². The normalized spacial score (nSPS) is 24.9. The first-order valence-electron chi connectivity index (χ1n) is 17.1. The lowest BCUT2D eigenvalue weighted by Crippen LogP contribution is -2.56. The summed E-state index contributed by atoms with van der Waals surface area (Å²) >= 11 is 0. The van der Waals surface area contributed by atoms with Crippen LogP contribution in [0.3, 0.4) is 0 Å². The number of aromatic nitrogens is 3. The quantitative estimate of drug-likeness (QED) is 0.200. The van der Waals surface area contributed by atoms with Crippen molar-refractivity contribution in [3.05, 3.63) is 139 Å². The molecular weight excluding hydrogens is 574 g/mol. The fraction of sp³-hybridized carbons (Fsp3) is 0.233. The lowest BCUT2D eigenvalue weighted by molar-refractivity contribution is -0.0452. The number of fused-ring (bicyclic) bond motifs is 2. The summed E-state index contributed by atoms with van der Waals surface area (Å²) in [5.41, 5.74) is 8.01. The van der Waals surface area contributed by atoms with Crippen LogP contribution in [0.25, 0.3) is 45.3 Å². The lowest BCUT2D eigenvalue weighted by atomic mass is 9.42. The average Bonchev–Trinajstić information content (AvgIpc) is 3.13. The molecule has 11 rings (SSSR count). The van der Waals surface area contributed by atoms with Crippen molar-refractivity contribution in [1.29, 1.82) is 0 Å². The molecule has 1 aliphatic heterocycles. The van der Waals surface area contributed by atoms with Gasteiger partial charge in [-0.25, -0.2) is 15.0 Å². The Balaban J connectivity index is 1.13. The van der Waals surface area contributed by atoms with Crippen LogP contribution in [-0.4, -0.2) is 15.0 Å². The van der Waals surface area contributed by atoms with Crippen LogP contribution in [0.5, 0.6) is 11.5 Å². The number of benzene rings is 5. The molecule has 4 saturated carbocycles. The highest BCUT2D eigenvalue weighted by Gasteiger charge is 2.61. The van der Waals surface area contributed by atoms with Gasteiger partial charge in [-0.15, -0.1) is 0 Å². The van der Waals surface area contributed by atoms with E-state index in [2.05, 4.69) is 103 Å². The summed E-state index contributed by atoms with van der Waals surface area (Å²) in [6.45, 7) is 0. The van der Waals surface area contributed by atoms with Crippen LogP contribution in [0.2, 0.25) is 0 Å². The fourth-order valence-corrected chi connectivity index (χ4v) is 9.84. The Morgan fingerprint density at radius 3 is 1.55 bits per heavy atom. The van der Waals surface area contributed by atoms with Gasteiger partial charge in [-0.05, 0) is 91.2 Å². The van der Waals surface area contributed by atoms with Crippen molar-refractivity contribution < 1.29 is 4.74 Å². The van der Waals surface area contributed by atoms with Gasteiger partial charge in [0.15, 0.2) is 17.5 Å². The maximum absolute atomic E-state index is 6.68. The molecule has 2 heterocycles. The highest BCUT2D eigenvalue weighted by Crippen LogP contribution is 2.68. The Morgan fingerprint density at radius 2 is 0.894 bits per heavy atom. The molecule has 4 aliphatic carbocycles. The molecule has 228 valence electrons. The van der Waals surface area contributed by atoms with Crippen molar-refractivity contribution in [1.82, 2.24) is 15.0 Å². The number of rotatable bonds is 4. The summed E-state index contributed by atoms with van der Waals surface area (Å²) in [7, 11) is 0.